The minimum Gasteiger partial charge on any atom is -0.507 e. The third kappa shape index (κ3) is 3.41. The first-order chi connectivity index (χ1) is 11.6. The van der Waals surface area contributed by atoms with Crippen molar-refractivity contribution in [2.24, 2.45) is 0 Å². The molecule has 0 saturated carbocycles. The van der Waals surface area contributed by atoms with Crippen molar-refractivity contribution in [1.82, 2.24) is 4.90 Å². The molecule has 1 saturated heterocycles. The molecule has 0 radical (unpaired) electrons. The van der Waals surface area contributed by atoms with Gasteiger partial charge in [0.1, 0.15) is 11.6 Å². The molecule has 1 amide bonds. The number of halogens is 1. The Morgan fingerprint density at radius 2 is 2.00 bits per heavy atom. The van der Waals surface area contributed by atoms with Crippen molar-refractivity contribution >= 4 is 5.91 Å². The van der Waals surface area contributed by atoms with Gasteiger partial charge in [-0.25, -0.2) is 4.39 Å². The summed E-state index contributed by atoms with van der Waals surface area (Å²) in [6.45, 7) is 0.571. The standard InChI is InChI=1S/C19H20FNO3/c20-14-8-9-16(18(23)11-14)19(24)21-10-4-7-15(21)12-17(22)13-5-2-1-3-6-13/h1-3,5-6,8-9,11,15,17,22-23H,4,7,10,12H2. The number of phenolic OH excluding ortho intramolecular Hbond substituents is 1. The molecule has 2 aromatic rings. The van der Waals surface area contributed by atoms with Crippen LogP contribution >= 0.6 is 0 Å². The van der Waals surface area contributed by atoms with E-state index < -0.39 is 11.9 Å². The van der Waals surface area contributed by atoms with E-state index in [1.807, 2.05) is 30.3 Å². The van der Waals surface area contributed by atoms with Gasteiger partial charge in [-0.2, -0.15) is 0 Å². The lowest BCUT2D eigenvalue weighted by molar-refractivity contribution is 0.0664. The highest BCUT2D eigenvalue weighted by atomic mass is 19.1. The third-order valence-corrected chi connectivity index (χ3v) is 4.51. The molecule has 24 heavy (non-hydrogen) atoms. The smallest absolute Gasteiger partial charge is 0.257 e. The Bertz CT molecular complexity index is 720. The van der Waals surface area contributed by atoms with E-state index in [0.717, 1.165) is 30.5 Å². The van der Waals surface area contributed by atoms with E-state index in [2.05, 4.69) is 0 Å². The normalized spacial score (nSPS) is 18.6. The predicted octanol–water partition coefficient (Wildman–Crippen LogP) is 3.26. The van der Waals surface area contributed by atoms with Crippen molar-refractivity contribution in [2.75, 3.05) is 6.54 Å². The van der Waals surface area contributed by atoms with Crippen LogP contribution in [-0.4, -0.2) is 33.6 Å². The second-order valence-electron chi connectivity index (χ2n) is 6.12. The van der Waals surface area contributed by atoms with Gasteiger partial charge in [0.05, 0.1) is 11.7 Å². The van der Waals surface area contributed by atoms with Gasteiger partial charge in [-0.3, -0.25) is 4.79 Å². The van der Waals surface area contributed by atoms with Gasteiger partial charge in [-0.05, 0) is 37.0 Å². The van der Waals surface area contributed by atoms with Crippen LogP contribution < -0.4 is 0 Å². The molecule has 126 valence electrons. The highest BCUT2D eigenvalue weighted by Gasteiger charge is 2.32. The molecule has 2 aromatic carbocycles. The third-order valence-electron chi connectivity index (χ3n) is 4.51. The summed E-state index contributed by atoms with van der Waals surface area (Å²) in [5.41, 5.74) is 0.916. The molecule has 5 heteroatoms. The summed E-state index contributed by atoms with van der Waals surface area (Å²) in [6, 6.07) is 12.6. The number of carbonyl (C=O) groups excluding carboxylic acids is 1. The van der Waals surface area contributed by atoms with E-state index >= 15 is 0 Å². The minimum absolute atomic E-state index is 0.0949. The first kappa shape index (κ1) is 16.5. The Hall–Kier alpha value is -2.40. The number of hydrogen-bond donors (Lipinski definition) is 2. The van der Waals surface area contributed by atoms with Gasteiger partial charge in [0, 0.05) is 18.7 Å². The Morgan fingerprint density at radius 3 is 2.71 bits per heavy atom. The molecule has 0 aliphatic carbocycles. The van der Waals surface area contributed by atoms with Gasteiger partial charge >= 0.3 is 0 Å². The second kappa shape index (κ2) is 7.01. The molecule has 0 bridgehead atoms. The lowest BCUT2D eigenvalue weighted by Crippen LogP contribution is -2.36. The van der Waals surface area contributed by atoms with Gasteiger partial charge in [0.15, 0.2) is 0 Å². The number of aliphatic hydroxyl groups excluding tert-OH is 1. The number of aliphatic hydroxyl groups is 1. The van der Waals surface area contributed by atoms with Crippen LogP contribution in [0.3, 0.4) is 0 Å². The lowest BCUT2D eigenvalue weighted by atomic mass is 10.00. The summed E-state index contributed by atoms with van der Waals surface area (Å²) >= 11 is 0. The van der Waals surface area contributed by atoms with Crippen LogP contribution in [0.15, 0.2) is 48.5 Å². The van der Waals surface area contributed by atoms with Crippen LogP contribution in [-0.2, 0) is 0 Å². The highest BCUT2D eigenvalue weighted by Crippen LogP contribution is 2.30. The molecule has 1 aliphatic heterocycles. The van der Waals surface area contributed by atoms with Crippen LogP contribution in [0, 0.1) is 5.82 Å². The van der Waals surface area contributed by atoms with Gasteiger partial charge in [0.25, 0.3) is 5.91 Å². The fourth-order valence-electron chi connectivity index (χ4n) is 3.26. The van der Waals surface area contributed by atoms with Crippen LogP contribution in [0.25, 0.3) is 0 Å². The molecule has 1 aliphatic rings. The van der Waals surface area contributed by atoms with E-state index in [1.165, 1.54) is 6.07 Å². The second-order valence-corrected chi connectivity index (χ2v) is 6.12. The zero-order valence-corrected chi connectivity index (χ0v) is 13.2. The Labute approximate surface area is 140 Å². The average molecular weight is 329 g/mol. The van der Waals surface area contributed by atoms with E-state index in [1.54, 1.807) is 4.90 Å². The number of hydrogen-bond acceptors (Lipinski definition) is 3. The van der Waals surface area contributed by atoms with Crippen molar-refractivity contribution < 1.29 is 19.4 Å². The maximum Gasteiger partial charge on any atom is 0.257 e. The van der Waals surface area contributed by atoms with Gasteiger partial charge in [0.2, 0.25) is 0 Å². The number of phenols is 1. The minimum atomic E-state index is -0.647. The molecule has 1 fully saturated rings. The monoisotopic (exact) mass is 329 g/mol. The maximum atomic E-state index is 13.1. The molecule has 2 unspecified atom stereocenters. The number of benzene rings is 2. The largest absolute Gasteiger partial charge is 0.507 e. The predicted molar refractivity (Wildman–Crippen MR) is 88.1 cm³/mol. The quantitative estimate of drug-likeness (QED) is 0.905. The molecular weight excluding hydrogens is 309 g/mol. The average Bonchev–Trinajstić information content (AvgIpc) is 3.03. The summed E-state index contributed by atoms with van der Waals surface area (Å²) in [5, 5.41) is 20.2. The van der Waals surface area contributed by atoms with Crippen molar-refractivity contribution in [2.45, 2.75) is 31.4 Å². The molecular formula is C19H20FNO3. The Balaban J connectivity index is 1.74. The van der Waals surface area contributed by atoms with Crippen LogP contribution in [0.2, 0.25) is 0 Å². The van der Waals surface area contributed by atoms with E-state index in [0.29, 0.717) is 13.0 Å². The van der Waals surface area contributed by atoms with E-state index in [9.17, 15) is 19.4 Å². The summed E-state index contributed by atoms with van der Waals surface area (Å²) in [7, 11) is 0. The van der Waals surface area contributed by atoms with Crippen LogP contribution in [0.5, 0.6) is 5.75 Å². The summed E-state index contributed by atoms with van der Waals surface area (Å²) < 4.78 is 13.1. The lowest BCUT2D eigenvalue weighted by Gasteiger charge is -2.27. The first-order valence-electron chi connectivity index (χ1n) is 8.09. The zero-order valence-electron chi connectivity index (χ0n) is 13.2. The Morgan fingerprint density at radius 1 is 1.25 bits per heavy atom. The number of aromatic hydroxyl groups is 1. The van der Waals surface area contributed by atoms with Crippen molar-refractivity contribution in [3.05, 3.63) is 65.5 Å². The van der Waals surface area contributed by atoms with E-state index in [-0.39, 0.29) is 23.3 Å². The first-order valence-corrected chi connectivity index (χ1v) is 8.09. The SMILES string of the molecule is O=C(c1ccc(F)cc1O)N1CCCC1CC(O)c1ccccc1. The number of amides is 1. The fourth-order valence-corrected chi connectivity index (χ4v) is 3.26. The van der Waals surface area contributed by atoms with Crippen molar-refractivity contribution in [3.8, 4) is 5.75 Å². The summed E-state index contributed by atoms with van der Waals surface area (Å²) in [6.07, 6.45) is 1.45. The molecule has 2 atom stereocenters. The molecule has 4 nitrogen and oxygen atoms in total. The number of rotatable bonds is 4. The molecule has 1 heterocycles. The van der Waals surface area contributed by atoms with Crippen LogP contribution in [0.1, 0.15) is 41.3 Å². The molecule has 3 rings (SSSR count). The maximum absolute atomic E-state index is 13.1. The fraction of sp³-hybridized carbons (Fsp3) is 0.316. The zero-order chi connectivity index (χ0) is 17.1. The summed E-state index contributed by atoms with van der Waals surface area (Å²) in [4.78, 5) is 14.3. The molecule has 0 spiro atoms. The van der Waals surface area contributed by atoms with Gasteiger partial charge in [-0.1, -0.05) is 30.3 Å². The van der Waals surface area contributed by atoms with Crippen LogP contribution in [0.4, 0.5) is 4.39 Å². The molecule has 2 N–H and O–H groups in total. The number of carbonyl (C=O) groups is 1. The van der Waals surface area contributed by atoms with Crippen molar-refractivity contribution in [3.63, 3.8) is 0 Å². The molecule has 0 aromatic heterocycles. The van der Waals surface area contributed by atoms with Gasteiger partial charge in [-0.15, -0.1) is 0 Å². The van der Waals surface area contributed by atoms with Gasteiger partial charge < -0.3 is 15.1 Å². The summed E-state index contributed by atoms with van der Waals surface area (Å²) in [5.74, 6) is -1.26. The highest BCUT2D eigenvalue weighted by molar-refractivity contribution is 5.97. The van der Waals surface area contributed by atoms with E-state index in [4.69, 9.17) is 0 Å². The number of nitrogens with zero attached hydrogens (tertiary/aromatic N) is 1. The van der Waals surface area contributed by atoms with Crippen molar-refractivity contribution in [1.29, 1.82) is 0 Å². The number of likely N-dealkylation sites (tertiary alicyclic amines) is 1. The Kier molecular flexibility index (Phi) is 4.81. The topological polar surface area (TPSA) is 60.8 Å².